The molecule has 4 rings (SSSR count). The third-order valence-corrected chi connectivity index (χ3v) is 5.85. The van der Waals surface area contributed by atoms with Gasteiger partial charge in [0.15, 0.2) is 0 Å². The topological polar surface area (TPSA) is 40.5 Å². The lowest BCUT2D eigenvalue weighted by Crippen LogP contribution is -2.12. The molecular formula is C21H20O2S. The van der Waals surface area contributed by atoms with Gasteiger partial charge in [-0.3, -0.25) is 0 Å². The lowest BCUT2D eigenvalue weighted by atomic mass is 9.82. The average Bonchev–Trinajstić information content (AvgIpc) is 2.60. The largest absolute Gasteiger partial charge is 0.507 e. The summed E-state index contributed by atoms with van der Waals surface area (Å²) in [6, 6.07) is 16.1. The molecule has 3 aromatic rings. The van der Waals surface area contributed by atoms with E-state index in [4.69, 9.17) is 0 Å². The van der Waals surface area contributed by atoms with Crippen LogP contribution in [0.2, 0.25) is 0 Å². The number of hydrogen-bond acceptors (Lipinski definition) is 3. The van der Waals surface area contributed by atoms with Crippen molar-refractivity contribution in [3.05, 3.63) is 59.7 Å². The highest BCUT2D eigenvalue weighted by Crippen LogP contribution is 2.45. The first-order valence-corrected chi connectivity index (χ1v) is 9.17. The van der Waals surface area contributed by atoms with Crippen molar-refractivity contribution >= 4 is 22.5 Å². The Morgan fingerprint density at radius 1 is 0.875 bits per heavy atom. The van der Waals surface area contributed by atoms with Crippen LogP contribution in [-0.4, -0.2) is 10.2 Å². The number of fused-ring (bicyclic) bond motifs is 2. The van der Waals surface area contributed by atoms with Gasteiger partial charge in [-0.1, -0.05) is 36.9 Å². The first-order chi connectivity index (χ1) is 11.6. The Morgan fingerprint density at radius 2 is 1.62 bits per heavy atom. The van der Waals surface area contributed by atoms with E-state index < -0.39 is 0 Å². The van der Waals surface area contributed by atoms with Crippen molar-refractivity contribution in [3.63, 3.8) is 0 Å². The summed E-state index contributed by atoms with van der Waals surface area (Å²) in [5, 5.41) is 23.0. The summed E-state index contributed by atoms with van der Waals surface area (Å²) in [6.07, 6.45) is 2.73. The van der Waals surface area contributed by atoms with Crippen LogP contribution in [0.3, 0.4) is 0 Å². The summed E-state index contributed by atoms with van der Waals surface area (Å²) in [4.78, 5) is 2.22. The fourth-order valence-corrected chi connectivity index (χ4v) is 4.43. The lowest BCUT2D eigenvalue weighted by Gasteiger charge is -2.24. The van der Waals surface area contributed by atoms with Crippen LogP contribution in [0.25, 0.3) is 10.8 Å². The number of phenolic OH excluding ortho intramolecular Hbond substituents is 2. The number of hydrogen-bond donors (Lipinski definition) is 2. The Balaban J connectivity index is 1.82. The molecule has 0 radical (unpaired) electrons. The summed E-state index contributed by atoms with van der Waals surface area (Å²) in [5.74, 6) is 1.24. The van der Waals surface area contributed by atoms with Crippen LogP contribution in [0.5, 0.6) is 11.5 Å². The summed E-state index contributed by atoms with van der Waals surface area (Å²) < 4.78 is 0. The third kappa shape index (κ3) is 2.63. The first kappa shape index (κ1) is 15.4. The zero-order valence-electron chi connectivity index (χ0n) is 13.6. The molecule has 0 aliphatic heterocycles. The van der Waals surface area contributed by atoms with E-state index in [1.165, 1.54) is 0 Å². The minimum absolute atomic E-state index is 0.347. The highest BCUT2D eigenvalue weighted by Gasteiger charge is 2.24. The highest BCUT2D eigenvalue weighted by atomic mass is 32.2. The van der Waals surface area contributed by atoms with Crippen molar-refractivity contribution in [2.75, 3.05) is 0 Å². The second-order valence-electron chi connectivity index (χ2n) is 6.62. The SMILES string of the molecule is CC1CCc2c(c(O)c3ccc(Sc4ccccc4)cc3c2O)C1. The quantitative estimate of drug-likeness (QED) is 0.605. The standard InChI is InChI=1S/C21H20O2S/c1-13-7-9-16-18(11-13)20(22)17-10-8-15(12-19(17)21(16)23)24-14-5-3-2-4-6-14/h2-6,8,10,12-13,22-23H,7,9,11H2,1H3. The van der Waals surface area contributed by atoms with Crippen LogP contribution < -0.4 is 0 Å². The zero-order valence-corrected chi connectivity index (χ0v) is 14.4. The van der Waals surface area contributed by atoms with Gasteiger partial charge in [-0.25, -0.2) is 0 Å². The van der Waals surface area contributed by atoms with Crippen molar-refractivity contribution in [1.82, 2.24) is 0 Å². The Morgan fingerprint density at radius 3 is 2.42 bits per heavy atom. The normalized spacial score (nSPS) is 17.0. The monoisotopic (exact) mass is 336 g/mol. The number of phenols is 2. The second-order valence-corrected chi connectivity index (χ2v) is 7.77. The molecule has 0 saturated carbocycles. The average molecular weight is 336 g/mol. The molecule has 2 nitrogen and oxygen atoms in total. The van der Waals surface area contributed by atoms with Crippen LogP contribution >= 0.6 is 11.8 Å². The summed E-state index contributed by atoms with van der Waals surface area (Å²) in [5.41, 5.74) is 1.86. The molecule has 1 unspecified atom stereocenters. The van der Waals surface area contributed by atoms with Gasteiger partial charge >= 0.3 is 0 Å². The first-order valence-electron chi connectivity index (χ1n) is 8.36. The second kappa shape index (κ2) is 6.06. The van der Waals surface area contributed by atoms with Crippen LogP contribution in [0, 0.1) is 5.92 Å². The van der Waals surface area contributed by atoms with Gasteiger partial charge in [0, 0.05) is 31.7 Å². The highest BCUT2D eigenvalue weighted by molar-refractivity contribution is 7.99. The number of benzene rings is 3. The van der Waals surface area contributed by atoms with Gasteiger partial charge in [0.05, 0.1) is 0 Å². The Hall–Kier alpha value is -2.13. The van der Waals surface area contributed by atoms with Crippen LogP contribution in [0.1, 0.15) is 24.5 Å². The number of aromatic hydroxyl groups is 2. The van der Waals surface area contributed by atoms with Crippen LogP contribution in [-0.2, 0) is 12.8 Å². The van der Waals surface area contributed by atoms with E-state index in [1.54, 1.807) is 11.8 Å². The van der Waals surface area contributed by atoms with E-state index in [2.05, 4.69) is 19.1 Å². The molecule has 122 valence electrons. The van der Waals surface area contributed by atoms with Crippen molar-refractivity contribution in [3.8, 4) is 11.5 Å². The maximum absolute atomic E-state index is 10.8. The molecule has 1 atom stereocenters. The van der Waals surface area contributed by atoms with Gasteiger partial charge in [-0.05, 0) is 55.5 Å². The molecular weight excluding hydrogens is 316 g/mol. The third-order valence-electron chi connectivity index (χ3n) is 4.86. The van der Waals surface area contributed by atoms with E-state index in [0.717, 1.165) is 51.0 Å². The molecule has 0 bridgehead atoms. The van der Waals surface area contributed by atoms with E-state index in [1.807, 2.05) is 36.4 Å². The van der Waals surface area contributed by atoms with E-state index in [9.17, 15) is 10.2 Å². The Bertz CT molecular complexity index is 903. The zero-order chi connectivity index (χ0) is 16.7. The van der Waals surface area contributed by atoms with Gasteiger partial charge < -0.3 is 10.2 Å². The maximum Gasteiger partial charge on any atom is 0.127 e. The molecule has 1 aliphatic rings. The molecule has 0 spiro atoms. The summed E-state index contributed by atoms with van der Waals surface area (Å²) >= 11 is 1.66. The van der Waals surface area contributed by atoms with Crippen LogP contribution in [0.4, 0.5) is 0 Å². The fourth-order valence-electron chi connectivity index (χ4n) is 3.56. The molecule has 24 heavy (non-hydrogen) atoms. The summed E-state index contributed by atoms with van der Waals surface area (Å²) in [7, 11) is 0. The smallest absolute Gasteiger partial charge is 0.127 e. The van der Waals surface area contributed by atoms with E-state index in [-0.39, 0.29) is 0 Å². The minimum Gasteiger partial charge on any atom is -0.507 e. The van der Waals surface area contributed by atoms with Crippen molar-refractivity contribution < 1.29 is 10.2 Å². The molecule has 0 heterocycles. The molecule has 0 aromatic heterocycles. The van der Waals surface area contributed by atoms with E-state index in [0.29, 0.717) is 17.4 Å². The fraction of sp³-hybridized carbons (Fsp3) is 0.238. The van der Waals surface area contributed by atoms with Gasteiger partial charge in [-0.15, -0.1) is 0 Å². The van der Waals surface area contributed by atoms with Crippen molar-refractivity contribution in [2.45, 2.75) is 36.0 Å². The van der Waals surface area contributed by atoms with Gasteiger partial charge in [-0.2, -0.15) is 0 Å². The Kier molecular flexibility index (Phi) is 3.89. The molecule has 1 aliphatic carbocycles. The molecule has 0 fully saturated rings. The molecule has 0 amide bonds. The molecule has 2 N–H and O–H groups in total. The predicted molar refractivity (Wildman–Crippen MR) is 99.0 cm³/mol. The van der Waals surface area contributed by atoms with Crippen molar-refractivity contribution in [1.29, 1.82) is 0 Å². The van der Waals surface area contributed by atoms with Gasteiger partial charge in [0.1, 0.15) is 11.5 Å². The van der Waals surface area contributed by atoms with Gasteiger partial charge in [0.25, 0.3) is 0 Å². The molecule has 3 heteroatoms. The minimum atomic E-state index is 0.347. The molecule has 0 saturated heterocycles. The maximum atomic E-state index is 10.8. The predicted octanol–water partition coefficient (Wildman–Crippen LogP) is 5.53. The lowest BCUT2D eigenvalue weighted by molar-refractivity contribution is 0.424. The number of rotatable bonds is 2. The van der Waals surface area contributed by atoms with Crippen molar-refractivity contribution in [2.24, 2.45) is 5.92 Å². The summed E-state index contributed by atoms with van der Waals surface area (Å²) in [6.45, 7) is 2.20. The van der Waals surface area contributed by atoms with E-state index >= 15 is 0 Å². The Labute approximate surface area is 146 Å². The van der Waals surface area contributed by atoms with Gasteiger partial charge in [0.2, 0.25) is 0 Å². The van der Waals surface area contributed by atoms with Crippen LogP contribution in [0.15, 0.2) is 58.3 Å². The molecule has 3 aromatic carbocycles.